The summed E-state index contributed by atoms with van der Waals surface area (Å²) >= 11 is 2.21. The van der Waals surface area contributed by atoms with Gasteiger partial charge in [-0.2, -0.15) is 18.4 Å². The summed E-state index contributed by atoms with van der Waals surface area (Å²) in [6.07, 6.45) is -3.74. The second-order valence-electron chi connectivity index (χ2n) is 5.64. The molecular weight excluding hydrogens is 407 g/mol. The highest BCUT2D eigenvalue weighted by atomic mass is 32.2. The first kappa shape index (κ1) is 20.0. The molecule has 0 N–H and O–H groups in total. The van der Waals surface area contributed by atoms with Crippen LogP contribution >= 0.6 is 23.1 Å². The van der Waals surface area contributed by atoms with Crippen molar-refractivity contribution < 1.29 is 18.0 Å². The van der Waals surface area contributed by atoms with Crippen LogP contribution in [0, 0.1) is 11.3 Å². The van der Waals surface area contributed by atoms with Crippen LogP contribution in [0.15, 0.2) is 59.1 Å². The number of nitrogens with zero attached hydrogens (tertiary/aromatic N) is 3. The molecule has 1 atom stereocenters. The van der Waals surface area contributed by atoms with E-state index in [1.807, 2.05) is 36.4 Å². The topological polar surface area (TPSA) is 66.6 Å². The summed E-state index contributed by atoms with van der Waals surface area (Å²) in [5.41, 5.74) is 0.720. The number of carbonyl (C=O) groups excluding carboxylic acids is 1. The van der Waals surface area contributed by atoms with E-state index in [-0.39, 0.29) is 16.6 Å². The minimum Gasteiger partial charge on any atom is -0.297 e. The number of rotatable bonds is 6. The lowest BCUT2D eigenvalue weighted by molar-refractivity contribution is -0.137. The molecule has 4 nitrogen and oxygen atoms in total. The van der Waals surface area contributed by atoms with E-state index in [1.165, 1.54) is 17.4 Å². The van der Waals surface area contributed by atoms with Crippen molar-refractivity contribution in [2.24, 2.45) is 0 Å². The van der Waals surface area contributed by atoms with E-state index in [0.717, 1.165) is 29.6 Å². The predicted octanol–water partition coefficient (Wildman–Crippen LogP) is 5.19. The fraction of sp³-hybridized carbons (Fsp3) is 0.158. The van der Waals surface area contributed by atoms with Crippen molar-refractivity contribution in [1.82, 2.24) is 9.97 Å². The van der Waals surface area contributed by atoms with Crippen LogP contribution in [0.3, 0.4) is 0 Å². The molecule has 3 rings (SSSR count). The average Bonchev–Trinajstić information content (AvgIpc) is 3.17. The van der Waals surface area contributed by atoms with Gasteiger partial charge in [0.15, 0.2) is 11.7 Å². The van der Waals surface area contributed by atoms with Crippen LogP contribution in [0.25, 0.3) is 11.3 Å². The van der Waals surface area contributed by atoms with E-state index < -0.39 is 17.7 Å². The smallest absolute Gasteiger partial charge is 0.297 e. The van der Waals surface area contributed by atoms with Gasteiger partial charge in [-0.3, -0.25) is 4.79 Å². The molecule has 1 aromatic carbocycles. The molecule has 1 unspecified atom stereocenters. The molecule has 0 aliphatic carbocycles. The molecule has 3 aromatic rings. The molecule has 28 heavy (non-hydrogen) atoms. The Bertz CT molecular complexity index is 996. The molecule has 0 amide bonds. The number of carbonyl (C=O) groups is 1. The molecule has 0 fully saturated rings. The summed E-state index contributed by atoms with van der Waals surface area (Å²) < 4.78 is 37.7. The number of halogens is 3. The molecule has 0 aliphatic heterocycles. The number of Topliss-reactive ketones (excluding diaryl/α,β-unsaturated/α-hetero) is 1. The van der Waals surface area contributed by atoms with Crippen LogP contribution in [0.5, 0.6) is 0 Å². The number of nitriles is 1. The van der Waals surface area contributed by atoms with Gasteiger partial charge in [-0.25, -0.2) is 9.97 Å². The van der Waals surface area contributed by atoms with Crippen molar-refractivity contribution >= 4 is 28.9 Å². The van der Waals surface area contributed by atoms with Crippen molar-refractivity contribution in [3.8, 4) is 17.3 Å². The summed E-state index contributed by atoms with van der Waals surface area (Å²) in [7, 11) is 0. The van der Waals surface area contributed by atoms with E-state index in [2.05, 4.69) is 9.97 Å². The van der Waals surface area contributed by atoms with Gasteiger partial charge in [0.05, 0.1) is 28.1 Å². The summed E-state index contributed by atoms with van der Waals surface area (Å²) in [4.78, 5) is 20.5. The van der Waals surface area contributed by atoms with Gasteiger partial charge >= 0.3 is 6.18 Å². The monoisotopic (exact) mass is 419 g/mol. The lowest BCUT2D eigenvalue weighted by Crippen LogP contribution is -2.13. The maximum absolute atomic E-state index is 12.6. The largest absolute Gasteiger partial charge is 0.417 e. The Balaban J connectivity index is 1.66. The quantitative estimate of drug-likeness (QED) is 0.514. The van der Waals surface area contributed by atoms with Crippen LogP contribution in [-0.4, -0.2) is 21.5 Å². The minimum atomic E-state index is -4.46. The normalized spacial score (nSPS) is 12.4. The highest BCUT2D eigenvalue weighted by Gasteiger charge is 2.30. The number of ketones is 1. The molecule has 0 aliphatic rings. The number of benzene rings is 1. The van der Waals surface area contributed by atoms with E-state index in [1.54, 1.807) is 5.38 Å². The molecule has 0 saturated heterocycles. The van der Waals surface area contributed by atoms with Gasteiger partial charge < -0.3 is 0 Å². The number of aromatic nitrogens is 2. The van der Waals surface area contributed by atoms with Crippen LogP contribution < -0.4 is 0 Å². The van der Waals surface area contributed by atoms with Gasteiger partial charge in [0, 0.05) is 17.1 Å². The van der Waals surface area contributed by atoms with E-state index in [0.29, 0.717) is 10.7 Å². The summed E-state index contributed by atoms with van der Waals surface area (Å²) in [6.45, 7) is 0. The minimum absolute atomic E-state index is 0.0865. The molecule has 9 heteroatoms. The SMILES string of the molecule is N#CC(C(=O)CSc1ccc(C(F)(F)F)cn1)c1nc(-c2ccccc2)cs1. The second-order valence-corrected chi connectivity index (χ2v) is 7.52. The lowest BCUT2D eigenvalue weighted by Gasteiger charge is -2.07. The first-order valence-electron chi connectivity index (χ1n) is 7.97. The fourth-order valence-corrected chi connectivity index (χ4v) is 3.93. The Labute approximate surface area is 167 Å². The number of hydrogen-bond donors (Lipinski definition) is 0. The molecule has 0 saturated carbocycles. The van der Waals surface area contributed by atoms with E-state index in [9.17, 15) is 23.2 Å². The van der Waals surface area contributed by atoms with Gasteiger partial charge in [0.25, 0.3) is 0 Å². The zero-order chi connectivity index (χ0) is 20.1. The van der Waals surface area contributed by atoms with Gasteiger partial charge in [-0.15, -0.1) is 11.3 Å². The van der Waals surface area contributed by atoms with Crippen molar-refractivity contribution in [2.75, 3.05) is 5.75 Å². The van der Waals surface area contributed by atoms with Crippen molar-refractivity contribution in [2.45, 2.75) is 17.1 Å². The first-order chi connectivity index (χ1) is 13.4. The van der Waals surface area contributed by atoms with Gasteiger partial charge in [0.1, 0.15) is 5.01 Å². The predicted molar refractivity (Wildman–Crippen MR) is 101 cm³/mol. The first-order valence-corrected chi connectivity index (χ1v) is 9.84. The third-order valence-electron chi connectivity index (χ3n) is 3.72. The highest BCUT2D eigenvalue weighted by molar-refractivity contribution is 7.99. The maximum atomic E-state index is 12.6. The second kappa shape index (κ2) is 8.54. The van der Waals surface area contributed by atoms with E-state index >= 15 is 0 Å². The molecule has 2 aromatic heterocycles. The Morgan fingerprint density at radius 3 is 2.57 bits per heavy atom. The molecule has 142 valence electrons. The van der Waals surface area contributed by atoms with Gasteiger partial charge in [-0.1, -0.05) is 42.1 Å². The third kappa shape index (κ3) is 4.77. The molecule has 0 spiro atoms. The Morgan fingerprint density at radius 1 is 1.21 bits per heavy atom. The molecule has 0 radical (unpaired) electrons. The maximum Gasteiger partial charge on any atom is 0.417 e. The molecule has 2 heterocycles. The Hall–Kier alpha value is -2.70. The number of alkyl halides is 3. The zero-order valence-electron chi connectivity index (χ0n) is 14.2. The summed E-state index contributed by atoms with van der Waals surface area (Å²) in [6, 6.07) is 13.5. The van der Waals surface area contributed by atoms with Crippen LogP contribution in [0.2, 0.25) is 0 Å². The lowest BCUT2D eigenvalue weighted by atomic mass is 10.1. The zero-order valence-corrected chi connectivity index (χ0v) is 15.8. The van der Waals surface area contributed by atoms with Gasteiger partial charge in [-0.05, 0) is 12.1 Å². The van der Waals surface area contributed by atoms with Crippen molar-refractivity contribution in [1.29, 1.82) is 5.26 Å². The number of pyridine rings is 1. The standard InChI is InChI=1S/C19H12F3N3OS2/c20-19(21,22)13-6-7-17(24-9-13)27-11-16(26)14(8-23)18-25-15(10-28-18)12-4-2-1-3-5-12/h1-7,9-10,14H,11H2. The molecule has 0 bridgehead atoms. The van der Waals surface area contributed by atoms with Crippen LogP contribution in [-0.2, 0) is 11.0 Å². The van der Waals surface area contributed by atoms with Crippen LogP contribution in [0.1, 0.15) is 16.5 Å². The van der Waals surface area contributed by atoms with E-state index in [4.69, 9.17) is 0 Å². The summed E-state index contributed by atoms with van der Waals surface area (Å²) in [5.74, 6) is -1.48. The highest BCUT2D eigenvalue weighted by Crippen LogP contribution is 2.31. The number of thioether (sulfide) groups is 1. The van der Waals surface area contributed by atoms with Gasteiger partial charge in [0.2, 0.25) is 0 Å². The average molecular weight is 419 g/mol. The third-order valence-corrected chi connectivity index (χ3v) is 5.59. The Kier molecular flexibility index (Phi) is 6.11. The van der Waals surface area contributed by atoms with Crippen molar-refractivity contribution in [3.05, 3.63) is 64.6 Å². The summed E-state index contributed by atoms with van der Waals surface area (Å²) in [5, 5.41) is 11.9. The fourth-order valence-electron chi connectivity index (χ4n) is 2.29. The van der Waals surface area contributed by atoms with Crippen LogP contribution in [0.4, 0.5) is 13.2 Å². The Morgan fingerprint density at radius 2 is 1.96 bits per heavy atom. The molecular formula is C19H12F3N3OS2. The number of hydrogen-bond acceptors (Lipinski definition) is 6. The van der Waals surface area contributed by atoms with Crippen molar-refractivity contribution in [3.63, 3.8) is 0 Å². The number of thiazole rings is 1.